The molecule has 144 valence electrons. The summed E-state index contributed by atoms with van der Waals surface area (Å²) in [6.45, 7) is 4.90. The maximum atomic E-state index is 12.8. The number of hydrogen-bond acceptors (Lipinski definition) is 5. The minimum atomic E-state index is -0.678. The third-order valence-corrected chi connectivity index (χ3v) is 4.79. The number of aliphatic hydroxyl groups excluding tert-OH is 1. The van der Waals surface area contributed by atoms with Crippen LogP contribution in [-0.4, -0.2) is 51.8 Å². The van der Waals surface area contributed by atoms with Crippen molar-refractivity contribution in [2.75, 3.05) is 30.4 Å². The third-order valence-electron chi connectivity index (χ3n) is 4.53. The van der Waals surface area contributed by atoms with Gasteiger partial charge in [0.15, 0.2) is 5.82 Å². The van der Waals surface area contributed by atoms with Crippen LogP contribution in [0.1, 0.15) is 11.3 Å². The molecule has 0 spiro atoms. The van der Waals surface area contributed by atoms with Crippen LogP contribution in [0.3, 0.4) is 0 Å². The van der Waals surface area contributed by atoms with E-state index in [0.717, 1.165) is 11.3 Å². The predicted molar refractivity (Wildman–Crippen MR) is 107 cm³/mol. The van der Waals surface area contributed by atoms with Gasteiger partial charge in [-0.3, -0.25) is 9.80 Å². The number of carbonyl (C=O) groups is 1. The number of nitrogens with one attached hydrogen (secondary N) is 1. The fourth-order valence-corrected chi connectivity index (χ4v) is 3.07. The second-order valence-electron chi connectivity index (χ2n) is 6.44. The highest BCUT2D eigenvalue weighted by molar-refractivity contribution is 6.30. The van der Waals surface area contributed by atoms with Gasteiger partial charge in [-0.1, -0.05) is 30.3 Å². The Balaban J connectivity index is 1.89. The number of fused-ring (bicyclic) bond motifs is 1. The van der Waals surface area contributed by atoms with E-state index in [1.165, 1.54) is 4.90 Å². The highest BCUT2D eigenvalue weighted by atomic mass is 35.5. The van der Waals surface area contributed by atoms with Gasteiger partial charge in [0.2, 0.25) is 5.95 Å². The first-order chi connectivity index (χ1) is 12.8. The maximum Gasteiger partial charge on any atom is 0.330 e. The SMILES string of the molecule is C=C1c2c(nc(NC[C@H](O)CN)n2C)N(C)C(=O)N1Cc1ccc(Cl)cc1. The molecule has 0 aliphatic carbocycles. The molecule has 9 heteroatoms. The molecule has 4 N–H and O–H groups in total. The Morgan fingerprint density at radius 2 is 2.00 bits per heavy atom. The normalized spacial score (nSPS) is 15.1. The number of carbonyl (C=O) groups excluding carboxylic acids is 1. The van der Waals surface area contributed by atoms with Gasteiger partial charge < -0.3 is 20.7 Å². The van der Waals surface area contributed by atoms with Gasteiger partial charge >= 0.3 is 6.03 Å². The number of aromatic nitrogens is 2. The van der Waals surface area contributed by atoms with Crippen molar-refractivity contribution in [1.82, 2.24) is 14.5 Å². The Labute approximate surface area is 162 Å². The van der Waals surface area contributed by atoms with Crippen LogP contribution in [-0.2, 0) is 13.6 Å². The predicted octanol–water partition coefficient (Wildman–Crippen LogP) is 1.85. The van der Waals surface area contributed by atoms with E-state index in [1.54, 1.807) is 24.1 Å². The molecule has 0 radical (unpaired) electrons. The highest BCUT2D eigenvalue weighted by Gasteiger charge is 2.35. The minimum absolute atomic E-state index is 0.150. The number of urea groups is 1. The molecule has 27 heavy (non-hydrogen) atoms. The molecule has 1 aromatic heterocycles. The number of benzene rings is 1. The van der Waals surface area contributed by atoms with E-state index in [9.17, 15) is 9.90 Å². The highest BCUT2D eigenvalue weighted by Crippen LogP contribution is 2.36. The van der Waals surface area contributed by atoms with Gasteiger partial charge in [0, 0.05) is 32.2 Å². The van der Waals surface area contributed by atoms with Crippen LogP contribution < -0.4 is 16.0 Å². The molecular weight excluding hydrogens is 368 g/mol. The number of hydrogen-bond donors (Lipinski definition) is 3. The van der Waals surface area contributed by atoms with E-state index < -0.39 is 6.10 Å². The molecule has 2 heterocycles. The molecule has 3 rings (SSSR count). The number of imidazole rings is 1. The van der Waals surface area contributed by atoms with Gasteiger partial charge in [0.1, 0.15) is 5.69 Å². The van der Waals surface area contributed by atoms with Crippen molar-refractivity contribution < 1.29 is 9.90 Å². The molecule has 0 unspecified atom stereocenters. The zero-order valence-corrected chi connectivity index (χ0v) is 16.1. The Hall–Kier alpha value is -2.55. The molecule has 1 aromatic carbocycles. The Morgan fingerprint density at radius 1 is 1.33 bits per heavy atom. The van der Waals surface area contributed by atoms with E-state index in [0.29, 0.717) is 29.0 Å². The van der Waals surface area contributed by atoms with Gasteiger partial charge in [-0.05, 0) is 17.7 Å². The average Bonchev–Trinajstić information content (AvgIpc) is 2.99. The largest absolute Gasteiger partial charge is 0.390 e. The van der Waals surface area contributed by atoms with Crippen LogP contribution >= 0.6 is 11.6 Å². The summed E-state index contributed by atoms with van der Waals surface area (Å²) in [6, 6.07) is 7.12. The molecule has 0 saturated carbocycles. The second kappa shape index (κ2) is 7.59. The maximum absolute atomic E-state index is 12.8. The van der Waals surface area contributed by atoms with E-state index >= 15 is 0 Å². The number of nitrogens with zero attached hydrogens (tertiary/aromatic N) is 4. The fourth-order valence-electron chi connectivity index (χ4n) is 2.94. The first-order valence-electron chi connectivity index (χ1n) is 8.51. The van der Waals surface area contributed by atoms with E-state index in [4.69, 9.17) is 17.3 Å². The van der Waals surface area contributed by atoms with Crippen molar-refractivity contribution in [2.24, 2.45) is 12.8 Å². The van der Waals surface area contributed by atoms with Crippen molar-refractivity contribution in [3.63, 3.8) is 0 Å². The lowest BCUT2D eigenvalue weighted by molar-refractivity contribution is 0.195. The lowest BCUT2D eigenvalue weighted by Crippen LogP contribution is -2.44. The summed E-state index contributed by atoms with van der Waals surface area (Å²) in [5.74, 6) is 1.05. The summed E-state index contributed by atoms with van der Waals surface area (Å²) in [7, 11) is 3.51. The quantitative estimate of drug-likeness (QED) is 0.699. The van der Waals surface area contributed by atoms with Crippen molar-refractivity contribution in [3.8, 4) is 0 Å². The van der Waals surface area contributed by atoms with Crippen LogP contribution in [0, 0.1) is 0 Å². The molecule has 8 nitrogen and oxygen atoms in total. The van der Waals surface area contributed by atoms with Crippen LogP contribution in [0.4, 0.5) is 16.6 Å². The van der Waals surface area contributed by atoms with Crippen LogP contribution in [0.15, 0.2) is 30.8 Å². The summed E-state index contributed by atoms with van der Waals surface area (Å²) in [5, 5.41) is 13.4. The van der Waals surface area contributed by atoms with Crippen molar-refractivity contribution in [1.29, 1.82) is 0 Å². The first-order valence-corrected chi connectivity index (χ1v) is 8.89. The standard InChI is InChI=1S/C18H23ClN6O2/c1-11-15-16(22-17(23(15)2)21-9-14(26)8-20)24(3)18(27)25(11)10-12-4-6-13(19)7-5-12/h4-7,14,26H,1,8-10,20H2,2-3H3,(H,21,22)/t14-/m1/s1. The summed E-state index contributed by atoms with van der Waals surface area (Å²) in [4.78, 5) is 20.4. The topological polar surface area (TPSA) is 99.6 Å². The Morgan fingerprint density at radius 3 is 2.63 bits per heavy atom. The zero-order chi connectivity index (χ0) is 19.7. The van der Waals surface area contributed by atoms with Crippen molar-refractivity contribution in [3.05, 3.63) is 47.1 Å². The summed E-state index contributed by atoms with van der Waals surface area (Å²) >= 11 is 5.94. The molecule has 1 atom stereocenters. The minimum Gasteiger partial charge on any atom is -0.390 e. The first kappa shape index (κ1) is 19.2. The fraction of sp³-hybridized carbons (Fsp3) is 0.333. The molecule has 2 aromatic rings. The van der Waals surface area contributed by atoms with Crippen LogP contribution in [0.2, 0.25) is 5.02 Å². The summed E-state index contributed by atoms with van der Waals surface area (Å²) in [5.41, 5.74) is 7.67. The van der Waals surface area contributed by atoms with Gasteiger partial charge in [-0.15, -0.1) is 0 Å². The Kier molecular flexibility index (Phi) is 5.41. The summed E-state index contributed by atoms with van der Waals surface area (Å²) < 4.78 is 1.82. The molecular formula is C18H23ClN6O2. The number of nitrogens with two attached hydrogens (primary N) is 1. The average molecular weight is 391 g/mol. The smallest absolute Gasteiger partial charge is 0.330 e. The van der Waals surface area contributed by atoms with Gasteiger partial charge in [0.25, 0.3) is 0 Å². The van der Waals surface area contributed by atoms with Crippen molar-refractivity contribution >= 4 is 35.1 Å². The van der Waals surface area contributed by atoms with Gasteiger partial charge in [-0.2, -0.15) is 4.98 Å². The molecule has 0 fully saturated rings. The van der Waals surface area contributed by atoms with E-state index in [2.05, 4.69) is 16.9 Å². The monoisotopic (exact) mass is 390 g/mol. The number of rotatable bonds is 6. The number of anilines is 2. The number of amides is 2. The number of aliphatic hydroxyl groups is 1. The van der Waals surface area contributed by atoms with Gasteiger partial charge in [0.05, 0.1) is 18.3 Å². The summed E-state index contributed by atoms with van der Waals surface area (Å²) in [6.07, 6.45) is -0.678. The molecule has 2 amide bonds. The van der Waals surface area contributed by atoms with E-state index in [1.807, 2.05) is 23.7 Å². The number of halogens is 1. The van der Waals surface area contributed by atoms with E-state index in [-0.39, 0.29) is 19.1 Å². The third kappa shape index (κ3) is 3.64. The second-order valence-corrected chi connectivity index (χ2v) is 6.87. The van der Waals surface area contributed by atoms with Crippen LogP contribution in [0.5, 0.6) is 0 Å². The lowest BCUT2D eigenvalue weighted by Gasteiger charge is -2.34. The molecule has 1 aliphatic heterocycles. The van der Waals surface area contributed by atoms with Crippen molar-refractivity contribution in [2.45, 2.75) is 12.6 Å². The van der Waals surface area contributed by atoms with Crippen LogP contribution in [0.25, 0.3) is 5.70 Å². The molecule has 0 bridgehead atoms. The lowest BCUT2D eigenvalue weighted by atomic mass is 10.1. The zero-order valence-electron chi connectivity index (χ0n) is 15.3. The Bertz CT molecular complexity index is 863. The van der Waals surface area contributed by atoms with Gasteiger partial charge in [-0.25, -0.2) is 4.79 Å². The molecule has 0 saturated heterocycles. The molecule has 1 aliphatic rings.